The molecule has 0 saturated carbocycles. The van der Waals surface area contributed by atoms with Gasteiger partial charge in [0.25, 0.3) is 0 Å². The second-order valence-electron chi connectivity index (χ2n) is 2.84. The van der Waals surface area contributed by atoms with E-state index in [0.717, 1.165) is 6.42 Å². The molecule has 0 spiro atoms. The van der Waals surface area contributed by atoms with Crippen LogP contribution in [-0.2, 0) is 6.42 Å². The van der Waals surface area contributed by atoms with Crippen molar-refractivity contribution in [2.24, 2.45) is 5.73 Å². The molecule has 1 unspecified atom stereocenters. The van der Waals surface area contributed by atoms with E-state index < -0.39 is 0 Å². The van der Waals surface area contributed by atoms with Crippen molar-refractivity contribution in [3.63, 3.8) is 0 Å². The Bertz CT molecular complexity index is 228. The summed E-state index contributed by atoms with van der Waals surface area (Å²) in [6.07, 6.45) is 1.07. The lowest BCUT2D eigenvalue weighted by Crippen LogP contribution is -2.07. The molecular formula is C10H15N. The van der Waals surface area contributed by atoms with Gasteiger partial charge in [-0.25, -0.2) is 0 Å². The van der Waals surface area contributed by atoms with E-state index in [1.807, 2.05) is 13.0 Å². The molecule has 0 amide bonds. The van der Waals surface area contributed by atoms with Gasteiger partial charge in [-0.05, 0) is 24.5 Å². The predicted octanol–water partition coefficient (Wildman–Crippen LogP) is 2.27. The highest BCUT2D eigenvalue weighted by molar-refractivity contribution is 5.29. The Labute approximate surface area is 68.2 Å². The maximum atomic E-state index is 5.79. The molecule has 0 aliphatic rings. The number of hydrogen-bond donors (Lipinski definition) is 1. The third kappa shape index (κ3) is 1.81. The fraction of sp³-hybridized carbons (Fsp3) is 0.400. The molecule has 1 heteroatoms. The van der Waals surface area contributed by atoms with Crippen LogP contribution in [0.25, 0.3) is 0 Å². The lowest BCUT2D eigenvalue weighted by atomic mass is 10.0. The van der Waals surface area contributed by atoms with Gasteiger partial charge in [-0.1, -0.05) is 31.2 Å². The number of benzene rings is 1. The highest BCUT2D eigenvalue weighted by Crippen LogP contribution is 2.15. The van der Waals surface area contributed by atoms with Gasteiger partial charge in [-0.2, -0.15) is 0 Å². The summed E-state index contributed by atoms with van der Waals surface area (Å²) in [5.41, 5.74) is 8.43. The molecule has 0 aromatic heterocycles. The summed E-state index contributed by atoms with van der Waals surface area (Å²) in [6.45, 7) is 4.18. The molecular weight excluding hydrogens is 134 g/mol. The van der Waals surface area contributed by atoms with Gasteiger partial charge in [-0.15, -0.1) is 0 Å². The zero-order valence-corrected chi connectivity index (χ0v) is 7.17. The van der Waals surface area contributed by atoms with Crippen LogP contribution in [0.4, 0.5) is 0 Å². The minimum absolute atomic E-state index is 0.158. The fourth-order valence-corrected chi connectivity index (χ4v) is 1.30. The maximum absolute atomic E-state index is 5.79. The Morgan fingerprint density at radius 2 is 2.00 bits per heavy atom. The zero-order chi connectivity index (χ0) is 8.27. The molecule has 0 fully saturated rings. The number of hydrogen-bond acceptors (Lipinski definition) is 1. The van der Waals surface area contributed by atoms with E-state index in [9.17, 15) is 0 Å². The number of nitrogens with two attached hydrogens (primary N) is 1. The third-order valence-electron chi connectivity index (χ3n) is 1.93. The molecule has 0 aliphatic heterocycles. The van der Waals surface area contributed by atoms with Crippen molar-refractivity contribution in [3.05, 3.63) is 35.4 Å². The average Bonchev–Trinajstić information content (AvgIpc) is 2.04. The van der Waals surface area contributed by atoms with E-state index in [1.54, 1.807) is 0 Å². The highest BCUT2D eigenvalue weighted by Gasteiger charge is 2.02. The van der Waals surface area contributed by atoms with Crippen molar-refractivity contribution < 1.29 is 0 Å². The first-order valence-corrected chi connectivity index (χ1v) is 4.09. The van der Waals surface area contributed by atoms with Crippen LogP contribution in [0.1, 0.15) is 31.0 Å². The number of rotatable bonds is 2. The molecule has 2 N–H and O–H groups in total. The van der Waals surface area contributed by atoms with Gasteiger partial charge in [0.1, 0.15) is 0 Å². The zero-order valence-electron chi connectivity index (χ0n) is 7.17. The topological polar surface area (TPSA) is 26.0 Å². The molecule has 0 radical (unpaired) electrons. The van der Waals surface area contributed by atoms with E-state index in [4.69, 9.17) is 5.73 Å². The monoisotopic (exact) mass is 149 g/mol. The van der Waals surface area contributed by atoms with Gasteiger partial charge in [-0.3, -0.25) is 0 Å². The van der Waals surface area contributed by atoms with Crippen molar-refractivity contribution in [3.8, 4) is 0 Å². The Morgan fingerprint density at radius 1 is 1.36 bits per heavy atom. The molecule has 1 aromatic carbocycles. The van der Waals surface area contributed by atoms with E-state index in [1.165, 1.54) is 11.1 Å². The average molecular weight is 149 g/mol. The molecule has 0 aliphatic carbocycles. The van der Waals surface area contributed by atoms with E-state index in [-0.39, 0.29) is 6.04 Å². The van der Waals surface area contributed by atoms with E-state index in [0.29, 0.717) is 0 Å². The normalized spacial score (nSPS) is 13.0. The SMILES string of the molecule is CCc1ccccc1C(C)N. The van der Waals surface area contributed by atoms with E-state index >= 15 is 0 Å². The molecule has 0 heterocycles. The van der Waals surface area contributed by atoms with Crippen LogP contribution in [-0.4, -0.2) is 0 Å². The van der Waals surface area contributed by atoms with Gasteiger partial charge < -0.3 is 5.73 Å². The van der Waals surface area contributed by atoms with Crippen molar-refractivity contribution >= 4 is 0 Å². The predicted molar refractivity (Wildman–Crippen MR) is 48.4 cm³/mol. The van der Waals surface area contributed by atoms with Gasteiger partial charge >= 0.3 is 0 Å². The second-order valence-corrected chi connectivity index (χ2v) is 2.84. The minimum atomic E-state index is 0.158. The molecule has 1 nitrogen and oxygen atoms in total. The smallest absolute Gasteiger partial charge is 0.0268 e. The van der Waals surface area contributed by atoms with Gasteiger partial charge in [0.05, 0.1) is 0 Å². The van der Waals surface area contributed by atoms with Gasteiger partial charge in [0.15, 0.2) is 0 Å². The van der Waals surface area contributed by atoms with Crippen molar-refractivity contribution in [1.82, 2.24) is 0 Å². The molecule has 1 atom stereocenters. The van der Waals surface area contributed by atoms with Crippen LogP contribution in [0.15, 0.2) is 24.3 Å². The summed E-state index contributed by atoms with van der Waals surface area (Å²) >= 11 is 0. The Hall–Kier alpha value is -0.820. The molecule has 1 aromatic rings. The Morgan fingerprint density at radius 3 is 2.45 bits per heavy atom. The molecule has 11 heavy (non-hydrogen) atoms. The Kier molecular flexibility index (Phi) is 2.66. The quantitative estimate of drug-likeness (QED) is 0.685. The first-order chi connectivity index (χ1) is 5.25. The molecule has 0 bridgehead atoms. The lowest BCUT2D eigenvalue weighted by Gasteiger charge is -2.09. The van der Waals surface area contributed by atoms with Crippen LogP contribution in [0.2, 0.25) is 0 Å². The molecule has 1 rings (SSSR count). The van der Waals surface area contributed by atoms with Crippen LogP contribution < -0.4 is 5.73 Å². The fourth-order valence-electron chi connectivity index (χ4n) is 1.30. The first-order valence-electron chi connectivity index (χ1n) is 4.09. The third-order valence-corrected chi connectivity index (χ3v) is 1.93. The summed E-state index contributed by atoms with van der Waals surface area (Å²) < 4.78 is 0. The van der Waals surface area contributed by atoms with Gasteiger partial charge in [0, 0.05) is 6.04 Å². The van der Waals surface area contributed by atoms with Crippen molar-refractivity contribution in [1.29, 1.82) is 0 Å². The van der Waals surface area contributed by atoms with Crippen LogP contribution in [0.3, 0.4) is 0 Å². The molecule has 0 saturated heterocycles. The molecule has 60 valence electrons. The van der Waals surface area contributed by atoms with Crippen LogP contribution in [0.5, 0.6) is 0 Å². The van der Waals surface area contributed by atoms with Crippen molar-refractivity contribution in [2.75, 3.05) is 0 Å². The second kappa shape index (κ2) is 3.54. The van der Waals surface area contributed by atoms with E-state index in [2.05, 4.69) is 25.1 Å². The maximum Gasteiger partial charge on any atom is 0.0268 e. The highest BCUT2D eigenvalue weighted by atomic mass is 14.6. The summed E-state index contributed by atoms with van der Waals surface area (Å²) in [4.78, 5) is 0. The van der Waals surface area contributed by atoms with Crippen molar-refractivity contribution in [2.45, 2.75) is 26.3 Å². The summed E-state index contributed by atoms with van der Waals surface area (Å²) in [7, 11) is 0. The van der Waals surface area contributed by atoms with Gasteiger partial charge in [0.2, 0.25) is 0 Å². The number of aryl methyl sites for hydroxylation is 1. The van der Waals surface area contributed by atoms with Crippen LogP contribution >= 0.6 is 0 Å². The minimum Gasteiger partial charge on any atom is -0.324 e. The first kappa shape index (κ1) is 8.28. The summed E-state index contributed by atoms with van der Waals surface area (Å²) in [6, 6.07) is 8.50. The standard InChI is InChI=1S/C10H15N/c1-3-9-6-4-5-7-10(9)8(2)11/h4-8H,3,11H2,1-2H3. The Balaban J connectivity index is 3.02. The largest absolute Gasteiger partial charge is 0.324 e. The summed E-state index contributed by atoms with van der Waals surface area (Å²) in [5.74, 6) is 0. The van der Waals surface area contributed by atoms with Crippen LogP contribution in [0, 0.1) is 0 Å². The lowest BCUT2D eigenvalue weighted by molar-refractivity contribution is 0.801. The summed E-state index contributed by atoms with van der Waals surface area (Å²) in [5, 5.41) is 0.